The first-order chi connectivity index (χ1) is 13.2. The fraction of sp³-hybridized carbons (Fsp3) is 0.875. The first kappa shape index (κ1) is 22.0. The highest BCUT2D eigenvalue weighted by atomic mass is 19.1. The van der Waals surface area contributed by atoms with E-state index in [0.29, 0.717) is 24.5 Å². The van der Waals surface area contributed by atoms with Crippen molar-refractivity contribution >= 4 is 6.29 Å². The van der Waals surface area contributed by atoms with Crippen LogP contribution >= 0.6 is 0 Å². The number of hydrogen-bond acceptors (Lipinski definition) is 3. The Morgan fingerprint density at radius 1 is 1.04 bits per heavy atom. The van der Waals surface area contributed by atoms with E-state index in [9.17, 15) is 9.18 Å². The number of alkyl halides is 1. The SMILES string of the molecule is CCC1C2=C(CCC1(C)C)C1(C)CCC3(CC1(C=O)CC2)OCCO3.CCF. The number of ether oxygens (including phenoxy) is 2. The van der Waals surface area contributed by atoms with Gasteiger partial charge in [-0.05, 0) is 56.8 Å². The summed E-state index contributed by atoms with van der Waals surface area (Å²) in [5.41, 5.74) is 3.40. The van der Waals surface area contributed by atoms with E-state index in [4.69, 9.17) is 9.47 Å². The predicted molar refractivity (Wildman–Crippen MR) is 110 cm³/mol. The van der Waals surface area contributed by atoms with Crippen LogP contribution in [0.5, 0.6) is 0 Å². The van der Waals surface area contributed by atoms with Gasteiger partial charge in [0.15, 0.2) is 5.79 Å². The Kier molecular flexibility index (Phi) is 6.14. The summed E-state index contributed by atoms with van der Waals surface area (Å²) >= 11 is 0. The molecule has 4 heteroatoms. The van der Waals surface area contributed by atoms with Crippen LogP contribution in [0.1, 0.15) is 86.0 Å². The fourth-order valence-electron chi connectivity index (χ4n) is 6.82. The predicted octanol–water partition coefficient (Wildman–Crippen LogP) is 6.02. The monoisotopic (exact) mass is 394 g/mol. The highest BCUT2D eigenvalue weighted by molar-refractivity contribution is 5.65. The molecule has 4 rings (SSSR count). The van der Waals surface area contributed by atoms with Crippen molar-refractivity contribution in [2.24, 2.45) is 22.2 Å². The van der Waals surface area contributed by atoms with Crippen molar-refractivity contribution in [3.05, 3.63) is 11.1 Å². The van der Waals surface area contributed by atoms with Crippen LogP contribution in [0.2, 0.25) is 0 Å². The Bertz CT molecular complexity index is 619. The van der Waals surface area contributed by atoms with Gasteiger partial charge in [0.1, 0.15) is 6.29 Å². The molecule has 2 fully saturated rings. The van der Waals surface area contributed by atoms with Crippen molar-refractivity contribution < 1.29 is 18.7 Å². The standard InChI is InChI=1S/C22H34O3.C2H5F/c1-5-17-16-6-9-21(15-23)14-22(24-12-13-25-22)11-10-20(21,4)18(16)7-8-19(17,2)3;1-2-3/h15,17H,5-14H2,1-4H3;2H2,1H3. The number of aldehydes is 1. The van der Waals surface area contributed by atoms with E-state index in [2.05, 4.69) is 27.7 Å². The maximum absolute atomic E-state index is 12.5. The zero-order chi connectivity index (χ0) is 20.6. The molecule has 1 saturated heterocycles. The normalized spacial score (nSPS) is 38.3. The molecule has 0 N–H and O–H groups in total. The van der Waals surface area contributed by atoms with Crippen LogP contribution in [-0.4, -0.2) is 32.0 Å². The summed E-state index contributed by atoms with van der Waals surface area (Å²) in [4.78, 5) is 12.5. The van der Waals surface area contributed by atoms with E-state index in [-0.39, 0.29) is 17.5 Å². The lowest BCUT2D eigenvalue weighted by molar-refractivity contribution is -0.223. The molecule has 3 unspecified atom stereocenters. The summed E-state index contributed by atoms with van der Waals surface area (Å²) < 4.78 is 22.3. The van der Waals surface area contributed by atoms with Gasteiger partial charge in [0.2, 0.25) is 0 Å². The van der Waals surface area contributed by atoms with Crippen molar-refractivity contribution in [2.75, 3.05) is 19.9 Å². The molecule has 0 aromatic rings. The maximum Gasteiger partial charge on any atom is 0.169 e. The van der Waals surface area contributed by atoms with Crippen molar-refractivity contribution in [1.82, 2.24) is 0 Å². The molecule has 1 saturated carbocycles. The zero-order valence-electron chi connectivity index (χ0n) is 18.5. The van der Waals surface area contributed by atoms with Gasteiger partial charge in [-0.15, -0.1) is 0 Å². The molecule has 160 valence electrons. The van der Waals surface area contributed by atoms with Crippen LogP contribution in [0.15, 0.2) is 11.1 Å². The second-order valence-electron chi connectivity index (χ2n) is 10.1. The Morgan fingerprint density at radius 2 is 1.68 bits per heavy atom. The fourth-order valence-corrected chi connectivity index (χ4v) is 6.82. The number of fused-ring (bicyclic) bond motifs is 2. The summed E-state index contributed by atoms with van der Waals surface area (Å²) in [6.45, 7) is 12.1. The lowest BCUT2D eigenvalue weighted by atomic mass is 9.45. The third-order valence-corrected chi connectivity index (χ3v) is 8.41. The lowest BCUT2D eigenvalue weighted by Crippen LogP contribution is -2.56. The summed E-state index contributed by atoms with van der Waals surface area (Å²) in [7, 11) is 0. The van der Waals surface area contributed by atoms with Gasteiger partial charge in [-0.1, -0.05) is 38.8 Å². The minimum Gasteiger partial charge on any atom is -0.347 e. The van der Waals surface area contributed by atoms with E-state index >= 15 is 0 Å². The molecule has 28 heavy (non-hydrogen) atoms. The number of carbonyl (C=O) groups excluding carboxylic acids is 1. The quantitative estimate of drug-likeness (QED) is 0.424. The molecule has 0 bridgehead atoms. The second kappa shape index (κ2) is 7.83. The number of hydrogen-bond donors (Lipinski definition) is 0. The van der Waals surface area contributed by atoms with Crippen molar-refractivity contribution in [3.63, 3.8) is 0 Å². The molecule has 1 spiro atoms. The van der Waals surface area contributed by atoms with E-state index in [1.165, 1.54) is 32.5 Å². The molecule has 1 aliphatic heterocycles. The third kappa shape index (κ3) is 3.29. The van der Waals surface area contributed by atoms with E-state index in [1.807, 2.05) is 0 Å². The van der Waals surface area contributed by atoms with Crippen molar-refractivity contribution in [3.8, 4) is 0 Å². The van der Waals surface area contributed by atoms with E-state index in [1.54, 1.807) is 11.1 Å². The number of allylic oxidation sites excluding steroid dienone is 2. The van der Waals surface area contributed by atoms with Gasteiger partial charge in [0, 0.05) is 23.7 Å². The average Bonchev–Trinajstić information content (AvgIpc) is 3.10. The van der Waals surface area contributed by atoms with E-state index < -0.39 is 5.79 Å². The smallest absolute Gasteiger partial charge is 0.169 e. The Labute approximate surface area is 170 Å². The van der Waals surface area contributed by atoms with Crippen LogP contribution in [0.3, 0.4) is 0 Å². The average molecular weight is 395 g/mol. The van der Waals surface area contributed by atoms with Crippen LogP contribution in [0.25, 0.3) is 0 Å². The van der Waals surface area contributed by atoms with Crippen LogP contribution in [0.4, 0.5) is 4.39 Å². The van der Waals surface area contributed by atoms with Crippen LogP contribution in [0, 0.1) is 22.2 Å². The van der Waals surface area contributed by atoms with Gasteiger partial charge in [-0.25, -0.2) is 0 Å². The Hall–Kier alpha value is -0.740. The minimum absolute atomic E-state index is 0.00713. The summed E-state index contributed by atoms with van der Waals surface area (Å²) in [6.07, 6.45) is 9.64. The van der Waals surface area contributed by atoms with E-state index in [0.717, 1.165) is 32.1 Å². The molecular formula is C24H39FO3. The molecule has 4 aliphatic rings. The molecule has 3 nitrogen and oxygen atoms in total. The largest absolute Gasteiger partial charge is 0.347 e. The van der Waals surface area contributed by atoms with Crippen LogP contribution in [-0.2, 0) is 14.3 Å². The minimum atomic E-state index is -0.490. The zero-order valence-corrected chi connectivity index (χ0v) is 18.5. The number of carbonyl (C=O) groups is 1. The van der Waals surface area contributed by atoms with Gasteiger partial charge < -0.3 is 14.3 Å². The molecule has 0 aromatic carbocycles. The second-order valence-corrected chi connectivity index (χ2v) is 10.1. The highest BCUT2D eigenvalue weighted by Gasteiger charge is 2.62. The number of rotatable bonds is 2. The molecule has 3 aliphatic carbocycles. The van der Waals surface area contributed by atoms with Crippen LogP contribution < -0.4 is 0 Å². The lowest BCUT2D eigenvalue weighted by Gasteiger charge is -2.60. The van der Waals surface area contributed by atoms with Crippen molar-refractivity contribution in [2.45, 2.75) is 91.8 Å². The molecule has 1 heterocycles. The Balaban J connectivity index is 0.000000706. The van der Waals surface area contributed by atoms with Crippen molar-refractivity contribution in [1.29, 1.82) is 0 Å². The van der Waals surface area contributed by atoms with Gasteiger partial charge in [-0.3, -0.25) is 4.39 Å². The molecule has 0 radical (unpaired) electrons. The topological polar surface area (TPSA) is 35.5 Å². The number of halogens is 1. The first-order valence-electron chi connectivity index (χ1n) is 11.3. The third-order valence-electron chi connectivity index (χ3n) is 8.41. The molecule has 0 aromatic heterocycles. The van der Waals surface area contributed by atoms with Gasteiger partial charge in [-0.2, -0.15) is 0 Å². The summed E-state index contributed by atoms with van der Waals surface area (Å²) in [5, 5.41) is 0. The van der Waals surface area contributed by atoms with Gasteiger partial charge in [0.25, 0.3) is 0 Å². The molecular weight excluding hydrogens is 355 g/mol. The maximum atomic E-state index is 12.5. The van der Waals surface area contributed by atoms with Gasteiger partial charge >= 0.3 is 0 Å². The summed E-state index contributed by atoms with van der Waals surface area (Å²) in [5.74, 6) is 0.184. The first-order valence-corrected chi connectivity index (χ1v) is 11.3. The Morgan fingerprint density at radius 3 is 2.25 bits per heavy atom. The molecule has 3 atom stereocenters. The summed E-state index contributed by atoms with van der Waals surface area (Å²) in [6, 6.07) is 0. The highest BCUT2D eigenvalue weighted by Crippen LogP contribution is 2.66. The molecule has 0 amide bonds. The van der Waals surface area contributed by atoms with Gasteiger partial charge in [0.05, 0.1) is 19.9 Å².